The summed E-state index contributed by atoms with van der Waals surface area (Å²) in [5.74, 6) is -0.466. The molecule has 7 heteroatoms. The Labute approximate surface area is 122 Å². The van der Waals surface area contributed by atoms with E-state index in [1.165, 1.54) is 4.31 Å². The van der Waals surface area contributed by atoms with Gasteiger partial charge in [-0.3, -0.25) is 4.79 Å². The summed E-state index contributed by atoms with van der Waals surface area (Å²) in [5, 5.41) is 0. The van der Waals surface area contributed by atoms with Gasteiger partial charge in [0.15, 0.2) is 0 Å². The molecule has 6 nitrogen and oxygen atoms in total. The fourth-order valence-corrected chi connectivity index (χ4v) is 4.09. The van der Waals surface area contributed by atoms with Crippen molar-refractivity contribution in [2.45, 2.75) is 39.7 Å². The minimum Gasteiger partial charge on any atom is -0.341 e. The summed E-state index contributed by atoms with van der Waals surface area (Å²) in [7, 11) is -3.50. The van der Waals surface area contributed by atoms with E-state index in [4.69, 9.17) is 5.73 Å². The van der Waals surface area contributed by atoms with Crippen molar-refractivity contribution < 1.29 is 13.2 Å². The average Bonchev–Trinajstić information content (AvgIpc) is 2.39. The molecule has 118 valence electrons. The quantitative estimate of drug-likeness (QED) is 0.762. The molecule has 1 heterocycles. The van der Waals surface area contributed by atoms with Gasteiger partial charge in [-0.15, -0.1) is 0 Å². The van der Waals surface area contributed by atoms with Gasteiger partial charge in [-0.1, -0.05) is 13.8 Å². The van der Waals surface area contributed by atoms with Crippen molar-refractivity contribution in [1.29, 1.82) is 0 Å². The zero-order chi connectivity index (χ0) is 15.3. The van der Waals surface area contributed by atoms with Crippen LogP contribution in [0.2, 0.25) is 0 Å². The molecule has 20 heavy (non-hydrogen) atoms. The highest BCUT2D eigenvalue weighted by atomic mass is 32.2. The lowest BCUT2D eigenvalue weighted by Crippen LogP contribution is -2.48. The molecular formula is C13H27N3O3S. The van der Waals surface area contributed by atoms with Crippen molar-refractivity contribution in [2.75, 3.05) is 31.9 Å². The van der Waals surface area contributed by atoms with Crippen molar-refractivity contribution in [1.82, 2.24) is 9.21 Å². The van der Waals surface area contributed by atoms with E-state index in [0.717, 1.165) is 12.8 Å². The monoisotopic (exact) mass is 305 g/mol. The summed E-state index contributed by atoms with van der Waals surface area (Å²) < 4.78 is 25.6. The van der Waals surface area contributed by atoms with Gasteiger partial charge in [0.05, 0.1) is 0 Å². The zero-order valence-corrected chi connectivity index (χ0v) is 13.5. The van der Waals surface area contributed by atoms with Gasteiger partial charge < -0.3 is 10.6 Å². The van der Waals surface area contributed by atoms with Crippen molar-refractivity contribution >= 4 is 15.9 Å². The van der Waals surface area contributed by atoms with Crippen LogP contribution >= 0.6 is 0 Å². The highest BCUT2D eigenvalue weighted by Gasteiger charge is 2.30. The Balaban J connectivity index is 2.66. The Morgan fingerprint density at radius 1 is 1.40 bits per heavy atom. The number of rotatable bonds is 6. The molecule has 0 aromatic heterocycles. The maximum Gasteiger partial charge on any atom is 0.239 e. The van der Waals surface area contributed by atoms with E-state index in [9.17, 15) is 13.2 Å². The minimum absolute atomic E-state index is 0.0324. The summed E-state index contributed by atoms with van der Waals surface area (Å²) in [6.07, 6.45) is 1.90. The first-order valence-electron chi connectivity index (χ1n) is 7.33. The zero-order valence-electron chi connectivity index (χ0n) is 12.7. The molecule has 1 aliphatic rings. The molecule has 2 N–H and O–H groups in total. The van der Waals surface area contributed by atoms with E-state index in [2.05, 4.69) is 0 Å². The number of amides is 1. The van der Waals surface area contributed by atoms with E-state index in [0.29, 0.717) is 26.2 Å². The van der Waals surface area contributed by atoms with E-state index in [-0.39, 0.29) is 17.9 Å². The molecule has 0 aromatic carbocycles. The molecule has 1 saturated heterocycles. The third kappa shape index (κ3) is 4.43. The smallest absolute Gasteiger partial charge is 0.239 e. The van der Waals surface area contributed by atoms with Gasteiger partial charge in [-0.2, -0.15) is 0 Å². The third-order valence-corrected chi connectivity index (χ3v) is 5.87. The standard InChI is InChI=1S/C13H27N3O3S/c1-4-16(5-2)20(18,19)10-13(17)15-8-6-7-12(9-15)11(3)14/h11-12H,4-10,14H2,1-3H3. The van der Waals surface area contributed by atoms with Crippen LogP contribution in [0.15, 0.2) is 0 Å². The molecule has 0 saturated carbocycles. The maximum absolute atomic E-state index is 12.2. The van der Waals surface area contributed by atoms with Gasteiger partial charge in [0.1, 0.15) is 5.75 Å². The number of hydrogen-bond acceptors (Lipinski definition) is 4. The SMILES string of the molecule is CCN(CC)S(=O)(=O)CC(=O)N1CCCC(C(C)N)C1. The lowest BCUT2D eigenvalue weighted by Gasteiger charge is -2.35. The summed E-state index contributed by atoms with van der Waals surface area (Å²) in [4.78, 5) is 13.8. The summed E-state index contributed by atoms with van der Waals surface area (Å²) >= 11 is 0. The number of nitrogens with zero attached hydrogens (tertiary/aromatic N) is 2. The van der Waals surface area contributed by atoms with Crippen LogP contribution in [0.3, 0.4) is 0 Å². The van der Waals surface area contributed by atoms with Gasteiger partial charge >= 0.3 is 0 Å². The van der Waals surface area contributed by atoms with Crippen molar-refractivity contribution in [2.24, 2.45) is 11.7 Å². The second kappa shape index (κ2) is 7.38. The van der Waals surface area contributed by atoms with Crippen molar-refractivity contribution in [3.63, 3.8) is 0 Å². The van der Waals surface area contributed by atoms with Crippen LogP contribution in [0.25, 0.3) is 0 Å². The van der Waals surface area contributed by atoms with E-state index in [1.807, 2.05) is 6.92 Å². The molecule has 2 atom stereocenters. The van der Waals surface area contributed by atoms with E-state index >= 15 is 0 Å². The molecule has 0 aliphatic carbocycles. The topological polar surface area (TPSA) is 83.7 Å². The van der Waals surface area contributed by atoms with Crippen molar-refractivity contribution in [3.05, 3.63) is 0 Å². The lowest BCUT2D eigenvalue weighted by atomic mass is 9.92. The lowest BCUT2D eigenvalue weighted by molar-refractivity contribution is -0.130. The number of hydrogen-bond donors (Lipinski definition) is 1. The van der Waals surface area contributed by atoms with Crippen LogP contribution in [0.5, 0.6) is 0 Å². The molecular weight excluding hydrogens is 278 g/mol. The van der Waals surface area contributed by atoms with Crippen LogP contribution < -0.4 is 5.73 Å². The molecule has 0 radical (unpaired) electrons. The second-order valence-electron chi connectivity index (χ2n) is 5.44. The Bertz CT molecular complexity index is 419. The van der Waals surface area contributed by atoms with Gasteiger partial charge in [0.25, 0.3) is 0 Å². The highest BCUT2D eigenvalue weighted by Crippen LogP contribution is 2.19. The molecule has 0 spiro atoms. The predicted molar refractivity (Wildman–Crippen MR) is 79.7 cm³/mol. The molecule has 1 amide bonds. The molecule has 1 fully saturated rings. The predicted octanol–water partition coefficient (Wildman–Crippen LogP) is 0.244. The normalized spacial score (nSPS) is 22.1. The summed E-state index contributed by atoms with van der Waals surface area (Å²) in [6.45, 7) is 7.49. The first-order valence-corrected chi connectivity index (χ1v) is 8.93. The van der Waals surface area contributed by atoms with E-state index in [1.54, 1.807) is 18.7 Å². The third-order valence-electron chi connectivity index (χ3n) is 3.96. The Kier molecular flexibility index (Phi) is 6.42. The highest BCUT2D eigenvalue weighted by molar-refractivity contribution is 7.89. The first kappa shape index (κ1) is 17.4. The number of sulfonamides is 1. The second-order valence-corrected chi connectivity index (χ2v) is 7.41. The Hall–Kier alpha value is -0.660. The van der Waals surface area contributed by atoms with Crippen LogP contribution in [0.4, 0.5) is 0 Å². The van der Waals surface area contributed by atoms with Crippen LogP contribution in [-0.2, 0) is 14.8 Å². The fraction of sp³-hybridized carbons (Fsp3) is 0.923. The van der Waals surface area contributed by atoms with Gasteiger partial charge in [0.2, 0.25) is 15.9 Å². The van der Waals surface area contributed by atoms with Gasteiger partial charge in [-0.25, -0.2) is 12.7 Å². The van der Waals surface area contributed by atoms with Crippen LogP contribution in [-0.4, -0.2) is 61.5 Å². The summed E-state index contributed by atoms with van der Waals surface area (Å²) in [6, 6.07) is 0.0324. The number of nitrogens with two attached hydrogens (primary N) is 1. The average molecular weight is 305 g/mol. The minimum atomic E-state index is -3.50. The number of carbonyl (C=O) groups excluding carboxylic acids is 1. The Morgan fingerprint density at radius 3 is 2.50 bits per heavy atom. The molecule has 1 aliphatic heterocycles. The molecule has 1 rings (SSSR count). The fourth-order valence-electron chi connectivity index (χ4n) is 2.62. The van der Waals surface area contributed by atoms with Crippen molar-refractivity contribution in [3.8, 4) is 0 Å². The number of carbonyl (C=O) groups is 1. The van der Waals surface area contributed by atoms with E-state index < -0.39 is 15.8 Å². The van der Waals surface area contributed by atoms with Crippen LogP contribution in [0.1, 0.15) is 33.6 Å². The first-order chi connectivity index (χ1) is 9.31. The number of likely N-dealkylation sites (tertiary alicyclic amines) is 1. The largest absolute Gasteiger partial charge is 0.341 e. The molecule has 2 unspecified atom stereocenters. The molecule has 0 aromatic rings. The van der Waals surface area contributed by atoms with Crippen LogP contribution in [0, 0.1) is 5.92 Å². The van der Waals surface area contributed by atoms with Gasteiger partial charge in [-0.05, 0) is 25.7 Å². The molecule has 0 bridgehead atoms. The summed E-state index contributed by atoms with van der Waals surface area (Å²) in [5.41, 5.74) is 5.88. The Morgan fingerprint density at radius 2 is 2.00 bits per heavy atom. The maximum atomic E-state index is 12.2. The number of piperidine rings is 1. The van der Waals surface area contributed by atoms with Gasteiger partial charge in [0, 0.05) is 32.2 Å².